The molecule has 3 nitrogen and oxygen atoms in total. The first-order valence-corrected chi connectivity index (χ1v) is 4.43. The number of carbonyl (C=O) groups excluding carboxylic acids is 1. The number of ether oxygens (including phenoxy) is 1. The topological polar surface area (TPSA) is 35.5 Å². The molecule has 0 fully saturated rings. The second kappa shape index (κ2) is 10.4. The summed E-state index contributed by atoms with van der Waals surface area (Å²) >= 11 is 0. The van der Waals surface area contributed by atoms with Crippen LogP contribution in [0.25, 0.3) is 0 Å². The van der Waals surface area contributed by atoms with Crippen LogP contribution >= 0.6 is 0 Å². The van der Waals surface area contributed by atoms with E-state index in [1.807, 2.05) is 0 Å². The molecule has 71 valence electrons. The number of hydrogen-bond donors (Lipinski definition) is 0. The SMILES string of the molecule is CO[SiH3].[CH2]CCOC(=O)C(=C)C. The Bertz CT molecular complexity index is 134. The van der Waals surface area contributed by atoms with Gasteiger partial charge in [-0.05, 0) is 20.3 Å². The molecule has 0 aliphatic carbocycles. The molecule has 0 aromatic carbocycles. The third kappa shape index (κ3) is 12.1. The minimum Gasteiger partial charge on any atom is -0.462 e. The van der Waals surface area contributed by atoms with Gasteiger partial charge in [0, 0.05) is 12.7 Å². The average molecular weight is 189 g/mol. The van der Waals surface area contributed by atoms with Crippen molar-refractivity contribution in [1.82, 2.24) is 0 Å². The summed E-state index contributed by atoms with van der Waals surface area (Å²) in [4.78, 5) is 10.6. The van der Waals surface area contributed by atoms with E-state index in [1.54, 1.807) is 14.0 Å². The highest BCUT2D eigenvalue weighted by Crippen LogP contribution is 1.91. The molecule has 0 rings (SSSR count). The lowest BCUT2D eigenvalue weighted by Crippen LogP contribution is -2.04. The first-order chi connectivity index (χ1) is 5.59. The highest BCUT2D eigenvalue weighted by molar-refractivity contribution is 5.97. The van der Waals surface area contributed by atoms with Crippen LogP contribution in [0.5, 0.6) is 0 Å². The number of carbonyl (C=O) groups is 1. The van der Waals surface area contributed by atoms with Crippen LogP contribution in [-0.4, -0.2) is 30.2 Å². The van der Waals surface area contributed by atoms with Crippen LogP contribution in [0.2, 0.25) is 0 Å². The van der Waals surface area contributed by atoms with E-state index in [0.29, 0.717) is 18.6 Å². The molecule has 0 saturated heterocycles. The van der Waals surface area contributed by atoms with Gasteiger partial charge in [-0.1, -0.05) is 6.58 Å². The summed E-state index contributed by atoms with van der Waals surface area (Å²) in [5.74, 6) is -0.335. The van der Waals surface area contributed by atoms with Crippen LogP contribution in [-0.2, 0) is 14.0 Å². The van der Waals surface area contributed by atoms with Gasteiger partial charge in [0.1, 0.15) is 10.5 Å². The second-order valence-corrected chi connectivity index (χ2v) is 2.99. The minimum atomic E-state index is -0.335. The number of hydrogen-bond acceptors (Lipinski definition) is 3. The predicted molar refractivity (Wildman–Crippen MR) is 52.7 cm³/mol. The summed E-state index contributed by atoms with van der Waals surface area (Å²) in [5.41, 5.74) is 0.434. The molecule has 0 aliphatic rings. The van der Waals surface area contributed by atoms with E-state index < -0.39 is 0 Å². The van der Waals surface area contributed by atoms with Gasteiger partial charge in [-0.15, -0.1) is 0 Å². The molecule has 1 radical (unpaired) electrons. The van der Waals surface area contributed by atoms with E-state index in [1.165, 1.54) is 0 Å². The number of esters is 1. The molecule has 4 heteroatoms. The van der Waals surface area contributed by atoms with E-state index in [-0.39, 0.29) is 5.97 Å². The lowest BCUT2D eigenvalue weighted by atomic mass is 10.4. The van der Waals surface area contributed by atoms with Crippen LogP contribution in [0, 0.1) is 6.92 Å². The van der Waals surface area contributed by atoms with E-state index in [2.05, 4.69) is 22.7 Å². The van der Waals surface area contributed by atoms with Gasteiger partial charge in [0.25, 0.3) is 0 Å². The first kappa shape index (κ1) is 13.9. The summed E-state index contributed by atoms with van der Waals surface area (Å²) in [7, 11) is 2.56. The lowest BCUT2D eigenvalue weighted by Gasteiger charge is -1.99. The van der Waals surface area contributed by atoms with Crippen molar-refractivity contribution in [3.8, 4) is 0 Å². The Morgan fingerprint density at radius 1 is 1.58 bits per heavy atom. The van der Waals surface area contributed by atoms with Gasteiger partial charge in [0.05, 0.1) is 6.61 Å². The Kier molecular flexibility index (Phi) is 12.1. The monoisotopic (exact) mass is 189 g/mol. The fourth-order valence-electron chi connectivity index (χ4n) is 0.288. The van der Waals surface area contributed by atoms with Gasteiger partial charge in [0.2, 0.25) is 0 Å². The highest BCUT2D eigenvalue weighted by atomic mass is 28.2. The maximum atomic E-state index is 10.6. The standard InChI is InChI=1S/C7H11O2.CH6OSi/c1-4-5-9-7(8)6(2)3;1-2-3/h1-2,4-5H2,3H3;1,3H3. The van der Waals surface area contributed by atoms with Crippen LogP contribution in [0.1, 0.15) is 13.3 Å². The Morgan fingerprint density at radius 2 is 2.00 bits per heavy atom. The van der Waals surface area contributed by atoms with Crippen molar-refractivity contribution in [3.05, 3.63) is 19.1 Å². The molecule has 0 atom stereocenters. The summed E-state index contributed by atoms with van der Waals surface area (Å²) in [6.45, 7) is 8.92. The Hall–Kier alpha value is -0.613. The van der Waals surface area contributed by atoms with Gasteiger partial charge in [-0.3, -0.25) is 0 Å². The summed E-state index contributed by atoms with van der Waals surface area (Å²) in [6, 6.07) is 0. The van der Waals surface area contributed by atoms with Crippen molar-refractivity contribution in [2.75, 3.05) is 13.7 Å². The van der Waals surface area contributed by atoms with E-state index >= 15 is 0 Å². The summed E-state index contributed by atoms with van der Waals surface area (Å²) in [6.07, 6.45) is 0.610. The maximum Gasteiger partial charge on any atom is 0.333 e. The zero-order valence-corrected chi connectivity index (χ0v) is 10.1. The first-order valence-electron chi connectivity index (χ1n) is 3.62. The van der Waals surface area contributed by atoms with Gasteiger partial charge >= 0.3 is 5.97 Å². The smallest absolute Gasteiger partial charge is 0.333 e. The van der Waals surface area contributed by atoms with Crippen LogP contribution < -0.4 is 0 Å². The largest absolute Gasteiger partial charge is 0.462 e. The van der Waals surface area contributed by atoms with Crippen LogP contribution in [0.15, 0.2) is 12.2 Å². The molecule has 0 N–H and O–H groups in total. The van der Waals surface area contributed by atoms with Crippen LogP contribution in [0.4, 0.5) is 0 Å². The van der Waals surface area contributed by atoms with E-state index in [9.17, 15) is 4.79 Å². The maximum absolute atomic E-state index is 10.6. The van der Waals surface area contributed by atoms with Crippen molar-refractivity contribution < 1.29 is 14.0 Å². The lowest BCUT2D eigenvalue weighted by molar-refractivity contribution is -0.138. The van der Waals surface area contributed by atoms with Crippen molar-refractivity contribution in [2.24, 2.45) is 0 Å². The van der Waals surface area contributed by atoms with E-state index in [0.717, 1.165) is 10.5 Å². The van der Waals surface area contributed by atoms with Crippen LogP contribution in [0.3, 0.4) is 0 Å². The molecule has 0 heterocycles. The number of rotatable bonds is 3. The fourth-order valence-corrected chi connectivity index (χ4v) is 0.288. The van der Waals surface area contributed by atoms with Crippen molar-refractivity contribution in [3.63, 3.8) is 0 Å². The molecule has 0 aromatic rings. The van der Waals surface area contributed by atoms with Gasteiger partial charge in [-0.25, -0.2) is 4.79 Å². The molecular weight excluding hydrogens is 172 g/mol. The molecule has 12 heavy (non-hydrogen) atoms. The Labute approximate surface area is 77.3 Å². The Balaban J connectivity index is 0. The molecule has 0 aliphatic heterocycles. The molecule has 0 aromatic heterocycles. The molecule has 0 spiro atoms. The summed E-state index contributed by atoms with van der Waals surface area (Å²) < 4.78 is 9.04. The third-order valence-corrected chi connectivity index (χ3v) is 0.726. The van der Waals surface area contributed by atoms with Gasteiger partial charge in [-0.2, -0.15) is 0 Å². The quantitative estimate of drug-likeness (QED) is 0.362. The predicted octanol–water partition coefficient (Wildman–Crippen LogP) is 0.243. The van der Waals surface area contributed by atoms with Gasteiger partial charge in [0.15, 0.2) is 0 Å². The third-order valence-electron chi connectivity index (χ3n) is 0.726. The molecular formula is C8H17O3Si. The fraction of sp³-hybridized carbons (Fsp3) is 0.500. The molecule has 0 unspecified atom stereocenters. The molecule has 0 bridgehead atoms. The summed E-state index contributed by atoms with van der Waals surface area (Å²) in [5, 5.41) is 0. The minimum absolute atomic E-state index is 0.335. The van der Waals surface area contributed by atoms with Gasteiger partial charge < -0.3 is 9.16 Å². The normalized spacial score (nSPS) is 8.25. The average Bonchev–Trinajstić information content (AvgIpc) is 2.01. The van der Waals surface area contributed by atoms with E-state index in [4.69, 9.17) is 0 Å². The zero-order valence-electron chi connectivity index (χ0n) is 8.05. The highest BCUT2D eigenvalue weighted by Gasteiger charge is 1.99. The van der Waals surface area contributed by atoms with Crippen molar-refractivity contribution >= 4 is 16.5 Å². The zero-order chi connectivity index (χ0) is 9.98. The van der Waals surface area contributed by atoms with Crippen molar-refractivity contribution in [2.45, 2.75) is 13.3 Å². The molecule has 0 saturated carbocycles. The second-order valence-electron chi connectivity index (χ2n) is 2.18. The molecule has 0 amide bonds. The van der Waals surface area contributed by atoms with Crippen molar-refractivity contribution in [1.29, 1.82) is 0 Å². The Morgan fingerprint density at radius 3 is 2.25 bits per heavy atom.